The molecule has 2 aromatic rings. The fraction of sp³-hybridized carbons (Fsp3) is 0. The zero-order valence-corrected chi connectivity index (χ0v) is 8.85. The summed E-state index contributed by atoms with van der Waals surface area (Å²) in [4.78, 5) is 15.7. The molecule has 0 atom stereocenters. The third-order valence-electron chi connectivity index (χ3n) is 2.22. The van der Waals surface area contributed by atoms with Crippen molar-refractivity contribution < 1.29 is 9.18 Å². The van der Waals surface area contributed by atoms with Crippen molar-refractivity contribution in [1.82, 2.24) is 4.98 Å². The Morgan fingerprint density at radius 2 is 2.12 bits per heavy atom. The molecule has 17 heavy (non-hydrogen) atoms. The first-order valence-corrected chi connectivity index (χ1v) is 4.94. The van der Waals surface area contributed by atoms with Crippen LogP contribution >= 0.6 is 0 Å². The van der Waals surface area contributed by atoms with Gasteiger partial charge in [0.05, 0.1) is 23.1 Å². The van der Waals surface area contributed by atoms with Crippen LogP contribution in [0.2, 0.25) is 0 Å². The van der Waals surface area contributed by atoms with Crippen LogP contribution in [0.4, 0.5) is 15.8 Å². The lowest BCUT2D eigenvalue weighted by molar-refractivity contribution is 0.102. The molecule has 0 radical (unpaired) electrons. The number of carbonyl (C=O) groups is 1. The van der Waals surface area contributed by atoms with Crippen LogP contribution in [0.15, 0.2) is 42.7 Å². The van der Waals surface area contributed by atoms with E-state index in [0.717, 1.165) is 0 Å². The van der Waals surface area contributed by atoms with Gasteiger partial charge in [0.15, 0.2) is 0 Å². The number of hydrogen-bond donors (Lipinski definition) is 2. The average molecular weight is 231 g/mol. The summed E-state index contributed by atoms with van der Waals surface area (Å²) in [6, 6.07) is 7.47. The van der Waals surface area contributed by atoms with Crippen molar-refractivity contribution in [2.24, 2.45) is 0 Å². The molecule has 1 aromatic heterocycles. The van der Waals surface area contributed by atoms with Gasteiger partial charge in [0, 0.05) is 6.20 Å². The molecule has 0 aliphatic rings. The van der Waals surface area contributed by atoms with Crippen LogP contribution in [-0.2, 0) is 0 Å². The van der Waals surface area contributed by atoms with E-state index in [1.54, 1.807) is 18.3 Å². The SMILES string of the molecule is Nc1c(F)cccc1C(=O)Nc1cccnc1. The van der Waals surface area contributed by atoms with Gasteiger partial charge in [-0.1, -0.05) is 6.07 Å². The molecule has 1 amide bonds. The molecule has 1 aromatic carbocycles. The second-order valence-corrected chi connectivity index (χ2v) is 3.40. The van der Waals surface area contributed by atoms with Crippen LogP contribution in [0, 0.1) is 5.82 Å². The molecule has 1 heterocycles. The van der Waals surface area contributed by atoms with Gasteiger partial charge in [0.2, 0.25) is 0 Å². The first kappa shape index (κ1) is 11.1. The molecular formula is C12H10FN3O. The minimum atomic E-state index is -0.608. The van der Waals surface area contributed by atoms with Crippen molar-refractivity contribution in [1.29, 1.82) is 0 Å². The maximum atomic E-state index is 13.2. The highest BCUT2D eigenvalue weighted by Crippen LogP contribution is 2.17. The number of rotatable bonds is 2. The lowest BCUT2D eigenvalue weighted by atomic mass is 10.1. The van der Waals surface area contributed by atoms with Gasteiger partial charge < -0.3 is 11.1 Å². The first-order chi connectivity index (χ1) is 8.18. The molecule has 0 fully saturated rings. The first-order valence-electron chi connectivity index (χ1n) is 4.94. The Hall–Kier alpha value is -2.43. The van der Waals surface area contributed by atoms with Crippen molar-refractivity contribution in [3.05, 3.63) is 54.1 Å². The molecule has 0 aliphatic carbocycles. The van der Waals surface area contributed by atoms with Gasteiger partial charge in [0.1, 0.15) is 5.82 Å². The summed E-state index contributed by atoms with van der Waals surface area (Å²) in [7, 11) is 0. The molecule has 4 nitrogen and oxygen atoms in total. The summed E-state index contributed by atoms with van der Waals surface area (Å²) in [5.74, 6) is -1.07. The lowest BCUT2D eigenvalue weighted by Gasteiger charge is -2.07. The Morgan fingerprint density at radius 1 is 1.29 bits per heavy atom. The predicted octanol–water partition coefficient (Wildman–Crippen LogP) is 2.06. The molecule has 0 spiro atoms. The molecule has 0 saturated heterocycles. The lowest BCUT2D eigenvalue weighted by Crippen LogP contribution is -2.14. The number of hydrogen-bond acceptors (Lipinski definition) is 3. The van der Waals surface area contributed by atoms with E-state index in [4.69, 9.17) is 5.73 Å². The van der Waals surface area contributed by atoms with Crippen LogP contribution in [0.3, 0.4) is 0 Å². The van der Waals surface area contributed by atoms with Crippen molar-refractivity contribution in [2.45, 2.75) is 0 Å². The summed E-state index contributed by atoms with van der Waals surface area (Å²) in [5, 5.41) is 2.58. The zero-order valence-electron chi connectivity index (χ0n) is 8.85. The van der Waals surface area contributed by atoms with Gasteiger partial charge in [-0.05, 0) is 24.3 Å². The van der Waals surface area contributed by atoms with Gasteiger partial charge >= 0.3 is 0 Å². The fourth-order valence-corrected chi connectivity index (χ4v) is 1.37. The van der Waals surface area contributed by atoms with E-state index in [-0.39, 0.29) is 11.3 Å². The Morgan fingerprint density at radius 3 is 2.82 bits per heavy atom. The number of nitrogen functional groups attached to an aromatic ring is 1. The number of halogens is 1. The van der Waals surface area contributed by atoms with Gasteiger partial charge in [0.25, 0.3) is 5.91 Å². The highest BCUT2D eigenvalue weighted by molar-refractivity contribution is 6.07. The quantitative estimate of drug-likeness (QED) is 0.777. The number of nitrogens with zero attached hydrogens (tertiary/aromatic N) is 1. The average Bonchev–Trinajstić information content (AvgIpc) is 2.34. The van der Waals surface area contributed by atoms with Crippen LogP contribution < -0.4 is 11.1 Å². The number of anilines is 2. The molecule has 3 N–H and O–H groups in total. The van der Waals surface area contributed by atoms with Gasteiger partial charge in [-0.3, -0.25) is 9.78 Å². The topological polar surface area (TPSA) is 68.0 Å². The monoisotopic (exact) mass is 231 g/mol. The van der Waals surface area contributed by atoms with Gasteiger partial charge in [-0.25, -0.2) is 4.39 Å². The van der Waals surface area contributed by atoms with Crippen LogP contribution in [0.25, 0.3) is 0 Å². The third kappa shape index (κ3) is 2.39. The Labute approximate surface area is 97.3 Å². The van der Waals surface area contributed by atoms with Gasteiger partial charge in [-0.2, -0.15) is 0 Å². The summed E-state index contributed by atoms with van der Waals surface area (Å²) in [6.45, 7) is 0. The summed E-state index contributed by atoms with van der Waals surface area (Å²) in [6.07, 6.45) is 3.08. The minimum Gasteiger partial charge on any atom is -0.396 e. The number of para-hydroxylation sites is 1. The van der Waals surface area contributed by atoms with E-state index in [1.165, 1.54) is 24.4 Å². The standard InChI is InChI=1S/C12H10FN3O/c13-10-5-1-4-9(11(10)14)12(17)16-8-3-2-6-15-7-8/h1-7H,14H2,(H,16,17). The summed E-state index contributed by atoms with van der Waals surface area (Å²) in [5.41, 5.74) is 5.96. The van der Waals surface area contributed by atoms with Crippen LogP contribution in [-0.4, -0.2) is 10.9 Å². The largest absolute Gasteiger partial charge is 0.396 e. The second kappa shape index (κ2) is 4.61. The maximum absolute atomic E-state index is 13.2. The van der Waals surface area contributed by atoms with E-state index in [1.807, 2.05) is 0 Å². The highest BCUT2D eigenvalue weighted by Gasteiger charge is 2.12. The highest BCUT2D eigenvalue weighted by atomic mass is 19.1. The molecule has 0 aliphatic heterocycles. The van der Waals surface area contributed by atoms with Crippen LogP contribution in [0.1, 0.15) is 10.4 Å². The fourth-order valence-electron chi connectivity index (χ4n) is 1.37. The minimum absolute atomic E-state index is 0.105. The van der Waals surface area contributed by atoms with Crippen molar-refractivity contribution in [3.63, 3.8) is 0 Å². The zero-order chi connectivity index (χ0) is 12.3. The number of pyridine rings is 1. The number of nitrogens with one attached hydrogen (secondary N) is 1. The maximum Gasteiger partial charge on any atom is 0.257 e. The molecule has 0 bridgehead atoms. The molecule has 0 saturated carbocycles. The van der Waals surface area contributed by atoms with Crippen LogP contribution in [0.5, 0.6) is 0 Å². The molecule has 86 valence electrons. The van der Waals surface area contributed by atoms with E-state index in [9.17, 15) is 9.18 Å². The molecule has 5 heteroatoms. The number of aromatic nitrogens is 1. The summed E-state index contributed by atoms with van der Waals surface area (Å²) >= 11 is 0. The molecular weight excluding hydrogens is 221 g/mol. The Bertz CT molecular complexity index is 543. The van der Waals surface area contributed by atoms with Crippen molar-refractivity contribution in [2.75, 3.05) is 11.1 Å². The molecule has 0 unspecified atom stereocenters. The number of amides is 1. The van der Waals surface area contributed by atoms with E-state index >= 15 is 0 Å². The normalized spacial score (nSPS) is 9.94. The van der Waals surface area contributed by atoms with E-state index in [0.29, 0.717) is 5.69 Å². The second-order valence-electron chi connectivity index (χ2n) is 3.40. The van der Waals surface area contributed by atoms with Crippen molar-refractivity contribution in [3.8, 4) is 0 Å². The van der Waals surface area contributed by atoms with E-state index in [2.05, 4.69) is 10.3 Å². The Balaban J connectivity index is 2.24. The van der Waals surface area contributed by atoms with E-state index < -0.39 is 11.7 Å². The molecule has 2 rings (SSSR count). The predicted molar refractivity (Wildman–Crippen MR) is 63.0 cm³/mol. The number of nitrogens with two attached hydrogens (primary N) is 1. The summed E-state index contributed by atoms with van der Waals surface area (Å²) < 4.78 is 13.2. The van der Waals surface area contributed by atoms with Gasteiger partial charge in [-0.15, -0.1) is 0 Å². The smallest absolute Gasteiger partial charge is 0.257 e. The Kier molecular flexibility index (Phi) is 3.00. The number of benzene rings is 1. The van der Waals surface area contributed by atoms with Crippen molar-refractivity contribution >= 4 is 17.3 Å². The number of carbonyl (C=O) groups excluding carboxylic acids is 1. The third-order valence-corrected chi connectivity index (χ3v) is 2.22.